The summed E-state index contributed by atoms with van der Waals surface area (Å²) in [4.78, 5) is 14.8. The second-order valence-corrected chi connectivity index (χ2v) is 6.95. The Labute approximate surface area is 141 Å². The first-order valence-electron chi connectivity index (χ1n) is 8.60. The van der Waals surface area contributed by atoms with Gasteiger partial charge in [0.25, 0.3) is 5.91 Å². The van der Waals surface area contributed by atoms with Gasteiger partial charge in [-0.25, -0.2) is 4.68 Å². The summed E-state index contributed by atoms with van der Waals surface area (Å²) in [5.74, 6) is 0.0437. The summed E-state index contributed by atoms with van der Waals surface area (Å²) >= 11 is 0. The second kappa shape index (κ2) is 5.70. The Morgan fingerprint density at radius 2 is 1.96 bits per heavy atom. The Hall–Kier alpha value is -2.21. The van der Waals surface area contributed by atoms with E-state index < -0.39 is 5.60 Å². The highest BCUT2D eigenvalue weighted by molar-refractivity contribution is 5.96. The van der Waals surface area contributed by atoms with Crippen LogP contribution in [0.3, 0.4) is 0 Å². The summed E-state index contributed by atoms with van der Waals surface area (Å²) in [7, 11) is 0. The third kappa shape index (κ3) is 2.51. The van der Waals surface area contributed by atoms with Crippen LogP contribution in [0.25, 0.3) is 0 Å². The van der Waals surface area contributed by atoms with Gasteiger partial charge < -0.3 is 10.0 Å². The summed E-state index contributed by atoms with van der Waals surface area (Å²) in [5, 5.41) is 18.7. The number of carbonyl (C=O) groups is 1. The maximum Gasteiger partial charge on any atom is 0.251 e. The van der Waals surface area contributed by atoms with E-state index in [1.165, 1.54) is 5.56 Å². The zero-order chi connectivity index (χ0) is 16.7. The predicted molar refractivity (Wildman–Crippen MR) is 89.6 cm³/mol. The van der Waals surface area contributed by atoms with Crippen LogP contribution in [0.1, 0.15) is 49.4 Å². The summed E-state index contributed by atoms with van der Waals surface area (Å²) < 4.78 is 1.63. The smallest absolute Gasteiger partial charge is 0.251 e. The minimum Gasteiger partial charge on any atom is -0.383 e. The minimum atomic E-state index is -0.841. The van der Waals surface area contributed by atoms with E-state index in [1.54, 1.807) is 10.9 Å². The molecule has 126 valence electrons. The summed E-state index contributed by atoms with van der Waals surface area (Å²) in [5.41, 5.74) is 1.85. The lowest BCUT2D eigenvalue weighted by Crippen LogP contribution is -2.42. The fourth-order valence-electron chi connectivity index (χ4n) is 3.49. The number of aliphatic hydroxyl groups is 1. The average molecular weight is 326 g/mol. The van der Waals surface area contributed by atoms with Crippen molar-refractivity contribution in [2.24, 2.45) is 0 Å². The Balaban J connectivity index is 1.57. The van der Waals surface area contributed by atoms with Crippen molar-refractivity contribution in [3.05, 3.63) is 41.7 Å². The van der Waals surface area contributed by atoms with Crippen molar-refractivity contribution < 1.29 is 9.90 Å². The van der Waals surface area contributed by atoms with Crippen LogP contribution < -0.4 is 4.90 Å². The summed E-state index contributed by atoms with van der Waals surface area (Å²) in [6.45, 7) is 2.76. The molecular weight excluding hydrogens is 304 g/mol. The highest BCUT2D eigenvalue weighted by Crippen LogP contribution is 2.40. The molecule has 6 heteroatoms. The Morgan fingerprint density at radius 1 is 1.21 bits per heavy atom. The molecule has 2 aliphatic rings. The number of rotatable bonds is 3. The first-order valence-corrected chi connectivity index (χ1v) is 8.60. The zero-order valence-electron chi connectivity index (χ0n) is 13.9. The van der Waals surface area contributed by atoms with Gasteiger partial charge in [0.2, 0.25) is 0 Å². The summed E-state index contributed by atoms with van der Waals surface area (Å²) in [6.07, 6.45) is 5.87. The number of carbonyl (C=O) groups excluding carboxylic acids is 1. The normalized spacial score (nSPS) is 23.2. The van der Waals surface area contributed by atoms with Crippen molar-refractivity contribution in [1.82, 2.24) is 15.0 Å². The van der Waals surface area contributed by atoms with Crippen molar-refractivity contribution >= 4 is 11.6 Å². The van der Waals surface area contributed by atoms with Crippen molar-refractivity contribution in [1.29, 1.82) is 0 Å². The molecule has 24 heavy (non-hydrogen) atoms. The standard InChI is InChI=1S/C18H22N4O2/c1-13-5-7-14(8-6-13)21-11-2-4-15(17(21)23)22-12-16(19-20-22)18(24)9-3-10-18/h5-8,12,15,24H,2-4,9-11H2,1H3. The lowest BCUT2D eigenvalue weighted by atomic mass is 9.78. The molecule has 2 aromatic rings. The lowest BCUT2D eigenvalue weighted by molar-refractivity contribution is -0.123. The van der Waals surface area contributed by atoms with Gasteiger partial charge in [0.05, 0.1) is 6.20 Å². The molecule has 4 rings (SSSR count). The number of benzene rings is 1. The molecule has 0 bridgehead atoms. The number of hydrogen-bond donors (Lipinski definition) is 1. The average Bonchev–Trinajstić information content (AvgIpc) is 3.04. The molecule has 1 N–H and O–H groups in total. The fraction of sp³-hybridized carbons (Fsp3) is 0.500. The SMILES string of the molecule is Cc1ccc(N2CCCC(n3cc(C4(O)CCC4)nn3)C2=O)cc1. The second-order valence-electron chi connectivity index (χ2n) is 6.95. The van der Waals surface area contributed by atoms with Gasteiger partial charge in [0, 0.05) is 12.2 Å². The zero-order valence-corrected chi connectivity index (χ0v) is 13.9. The first-order chi connectivity index (χ1) is 11.6. The van der Waals surface area contributed by atoms with Gasteiger partial charge >= 0.3 is 0 Å². The third-order valence-electron chi connectivity index (χ3n) is 5.24. The van der Waals surface area contributed by atoms with Crippen LogP contribution in [0.4, 0.5) is 5.69 Å². The van der Waals surface area contributed by atoms with Crippen LogP contribution in [-0.4, -0.2) is 32.6 Å². The summed E-state index contributed by atoms with van der Waals surface area (Å²) in [6, 6.07) is 7.67. The molecule has 2 heterocycles. The highest BCUT2D eigenvalue weighted by Gasteiger charge is 2.40. The van der Waals surface area contributed by atoms with E-state index in [0.29, 0.717) is 5.69 Å². The van der Waals surface area contributed by atoms with Crippen molar-refractivity contribution in [2.75, 3.05) is 11.4 Å². The molecule has 6 nitrogen and oxygen atoms in total. The van der Waals surface area contributed by atoms with E-state index in [2.05, 4.69) is 10.3 Å². The van der Waals surface area contributed by atoms with Crippen molar-refractivity contribution in [3.8, 4) is 0 Å². The van der Waals surface area contributed by atoms with E-state index in [9.17, 15) is 9.90 Å². The number of hydrogen-bond acceptors (Lipinski definition) is 4. The quantitative estimate of drug-likeness (QED) is 0.940. The van der Waals surface area contributed by atoms with E-state index in [0.717, 1.165) is 44.3 Å². The van der Waals surface area contributed by atoms with Crippen molar-refractivity contribution in [2.45, 2.75) is 50.7 Å². The van der Waals surface area contributed by atoms with Crippen LogP contribution >= 0.6 is 0 Å². The molecule has 2 fully saturated rings. The number of amides is 1. The number of piperidine rings is 1. The van der Waals surface area contributed by atoms with E-state index in [1.807, 2.05) is 36.1 Å². The molecule has 0 radical (unpaired) electrons. The van der Waals surface area contributed by atoms with Gasteiger partial charge in [-0.05, 0) is 51.2 Å². The van der Waals surface area contributed by atoms with E-state index in [4.69, 9.17) is 0 Å². The molecule has 1 aliphatic heterocycles. The number of aromatic nitrogens is 3. The molecule has 0 spiro atoms. The Bertz CT molecular complexity index is 749. The maximum atomic E-state index is 12.9. The first kappa shape index (κ1) is 15.3. The van der Waals surface area contributed by atoms with Gasteiger partial charge in [-0.3, -0.25) is 4.79 Å². The molecule has 1 unspecified atom stereocenters. The van der Waals surface area contributed by atoms with Crippen LogP contribution in [0, 0.1) is 6.92 Å². The number of nitrogens with zero attached hydrogens (tertiary/aromatic N) is 4. The van der Waals surface area contributed by atoms with Gasteiger partial charge in [-0.1, -0.05) is 22.9 Å². The number of aryl methyl sites for hydroxylation is 1. The predicted octanol–water partition coefficient (Wildman–Crippen LogP) is 2.33. The maximum absolute atomic E-state index is 12.9. The van der Waals surface area contributed by atoms with Gasteiger partial charge in [0.15, 0.2) is 0 Å². The Morgan fingerprint density at radius 3 is 2.62 bits per heavy atom. The molecule has 1 atom stereocenters. The van der Waals surface area contributed by atoms with Gasteiger partial charge in [-0.2, -0.15) is 0 Å². The Kier molecular flexibility index (Phi) is 3.64. The van der Waals surface area contributed by atoms with Gasteiger partial charge in [0.1, 0.15) is 17.3 Å². The number of anilines is 1. The monoisotopic (exact) mass is 326 g/mol. The van der Waals surface area contributed by atoms with Crippen LogP contribution in [-0.2, 0) is 10.4 Å². The molecular formula is C18H22N4O2. The molecule has 1 aromatic heterocycles. The highest BCUT2D eigenvalue weighted by atomic mass is 16.3. The fourth-order valence-corrected chi connectivity index (χ4v) is 3.49. The minimum absolute atomic E-state index is 0.0437. The van der Waals surface area contributed by atoms with Crippen molar-refractivity contribution in [3.63, 3.8) is 0 Å². The van der Waals surface area contributed by atoms with E-state index >= 15 is 0 Å². The molecule has 1 saturated carbocycles. The van der Waals surface area contributed by atoms with Crippen LogP contribution in [0.2, 0.25) is 0 Å². The largest absolute Gasteiger partial charge is 0.383 e. The third-order valence-corrected chi connectivity index (χ3v) is 5.24. The lowest BCUT2D eigenvalue weighted by Gasteiger charge is -2.34. The molecule has 1 amide bonds. The topological polar surface area (TPSA) is 71.2 Å². The van der Waals surface area contributed by atoms with Gasteiger partial charge in [-0.15, -0.1) is 5.10 Å². The molecule has 1 saturated heterocycles. The molecule has 1 aromatic carbocycles. The van der Waals surface area contributed by atoms with Crippen LogP contribution in [0.5, 0.6) is 0 Å². The van der Waals surface area contributed by atoms with Crippen LogP contribution in [0.15, 0.2) is 30.5 Å². The van der Waals surface area contributed by atoms with E-state index in [-0.39, 0.29) is 11.9 Å². The molecule has 1 aliphatic carbocycles.